The zero-order valence-electron chi connectivity index (χ0n) is 14.1. The summed E-state index contributed by atoms with van der Waals surface area (Å²) in [6, 6.07) is 6.68. The second-order valence-electron chi connectivity index (χ2n) is 7.88. The van der Waals surface area contributed by atoms with Crippen LogP contribution in [0.25, 0.3) is 0 Å². The molecule has 1 heterocycles. The van der Waals surface area contributed by atoms with Gasteiger partial charge in [-0.3, -0.25) is 4.90 Å². The van der Waals surface area contributed by atoms with Crippen LogP contribution >= 0.6 is 0 Å². The zero-order chi connectivity index (χ0) is 15.1. The van der Waals surface area contributed by atoms with Crippen LogP contribution < -0.4 is 5.32 Å². The number of rotatable bonds is 2. The van der Waals surface area contributed by atoms with Gasteiger partial charge in [-0.2, -0.15) is 0 Å². The van der Waals surface area contributed by atoms with Gasteiger partial charge in [-0.05, 0) is 57.2 Å². The van der Waals surface area contributed by atoms with E-state index in [1.807, 2.05) is 0 Å². The van der Waals surface area contributed by atoms with Gasteiger partial charge in [-0.1, -0.05) is 31.0 Å². The summed E-state index contributed by atoms with van der Waals surface area (Å²) in [5.41, 5.74) is 5.03. The van der Waals surface area contributed by atoms with Crippen molar-refractivity contribution < 1.29 is 0 Å². The molecule has 21 heavy (non-hydrogen) atoms. The number of hydrogen-bond donors (Lipinski definition) is 1. The molecule has 2 aliphatic rings. The summed E-state index contributed by atoms with van der Waals surface area (Å²) < 4.78 is 0. The Morgan fingerprint density at radius 1 is 1.10 bits per heavy atom. The summed E-state index contributed by atoms with van der Waals surface area (Å²) in [4.78, 5) is 2.73. The van der Waals surface area contributed by atoms with Crippen molar-refractivity contribution in [2.24, 2.45) is 0 Å². The molecule has 2 fully saturated rings. The monoisotopic (exact) mass is 286 g/mol. The van der Waals surface area contributed by atoms with Crippen LogP contribution in [0.4, 0.5) is 0 Å². The molecular formula is C19H30N2. The van der Waals surface area contributed by atoms with Crippen LogP contribution in [-0.4, -0.2) is 29.1 Å². The van der Waals surface area contributed by atoms with E-state index in [-0.39, 0.29) is 5.54 Å². The highest BCUT2D eigenvalue weighted by Crippen LogP contribution is 2.36. The maximum Gasteiger partial charge on any atom is 0.0309 e. The van der Waals surface area contributed by atoms with Crippen LogP contribution in [0.15, 0.2) is 18.2 Å². The van der Waals surface area contributed by atoms with Crippen molar-refractivity contribution >= 4 is 0 Å². The van der Waals surface area contributed by atoms with Gasteiger partial charge >= 0.3 is 0 Å². The molecule has 1 aliphatic carbocycles. The topological polar surface area (TPSA) is 15.3 Å². The summed E-state index contributed by atoms with van der Waals surface area (Å²) in [5, 5.41) is 3.89. The molecule has 2 nitrogen and oxygen atoms in total. The molecule has 2 heteroatoms. The van der Waals surface area contributed by atoms with Gasteiger partial charge in [-0.15, -0.1) is 0 Å². The van der Waals surface area contributed by atoms with Crippen molar-refractivity contribution in [3.05, 3.63) is 34.9 Å². The van der Waals surface area contributed by atoms with E-state index in [0.29, 0.717) is 5.54 Å². The molecule has 1 aliphatic heterocycles. The number of nitrogens with one attached hydrogen (secondary N) is 1. The lowest BCUT2D eigenvalue weighted by Crippen LogP contribution is -2.66. The minimum absolute atomic E-state index is 0.239. The maximum absolute atomic E-state index is 3.89. The molecular weight excluding hydrogens is 256 g/mol. The molecule has 1 spiro atoms. The van der Waals surface area contributed by atoms with Crippen molar-refractivity contribution in [2.75, 3.05) is 13.1 Å². The summed E-state index contributed by atoms with van der Waals surface area (Å²) in [7, 11) is 0. The summed E-state index contributed by atoms with van der Waals surface area (Å²) >= 11 is 0. The molecule has 0 unspecified atom stereocenters. The predicted molar refractivity (Wildman–Crippen MR) is 89.6 cm³/mol. The largest absolute Gasteiger partial charge is 0.308 e. The Morgan fingerprint density at radius 2 is 1.71 bits per heavy atom. The summed E-state index contributed by atoms with van der Waals surface area (Å²) in [6.07, 6.45) is 5.49. The minimum atomic E-state index is 0.239. The Bertz CT molecular complexity index is 492. The van der Waals surface area contributed by atoms with Gasteiger partial charge in [0.1, 0.15) is 0 Å². The SMILES string of the molecule is Cc1cccc(C)c1CN1CC2(CCCC2)NCC1(C)C. The van der Waals surface area contributed by atoms with Gasteiger partial charge in [-0.25, -0.2) is 0 Å². The molecule has 0 radical (unpaired) electrons. The van der Waals surface area contributed by atoms with E-state index in [1.165, 1.54) is 48.9 Å². The lowest BCUT2D eigenvalue weighted by Gasteiger charge is -2.51. The lowest BCUT2D eigenvalue weighted by atomic mass is 9.86. The normalized spacial score (nSPS) is 24.6. The van der Waals surface area contributed by atoms with Crippen molar-refractivity contribution in [3.63, 3.8) is 0 Å². The van der Waals surface area contributed by atoms with E-state index in [1.54, 1.807) is 0 Å². The highest BCUT2D eigenvalue weighted by molar-refractivity contribution is 5.33. The van der Waals surface area contributed by atoms with Crippen LogP contribution in [-0.2, 0) is 6.54 Å². The molecule has 116 valence electrons. The highest BCUT2D eigenvalue weighted by Gasteiger charge is 2.44. The second-order valence-corrected chi connectivity index (χ2v) is 7.88. The lowest BCUT2D eigenvalue weighted by molar-refractivity contribution is 0.0214. The number of hydrogen-bond acceptors (Lipinski definition) is 2. The van der Waals surface area contributed by atoms with Gasteiger partial charge in [0.15, 0.2) is 0 Å². The van der Waals surface area contributed by atoms with E-state index in [0.717, 1.165) is 13.1 Å². The fraction of sp³-hybridized carbons (Fsp3) is 0.684. The Hall–Kier alpha value is -0.860. The molecule has 1 aromatic rings. The smallest absolute Gasteiger partial charge is 0.0309 e. The number of benzene rings is 1. The molecule has 0 bridgehead atoms. The van der Waals surface area contributed by atoms with E-state index in [2.05, 4.69) is 56.1 Å². The molecule has 1 aromatic carbocycles. The fourth-order valence-corrected chi connectivity index (χ4v) is 4.10. The molecule has 1 saturated heterocycles. The van der Waals surface area contributed by atoms with Gasteiger partial charge in [0.05, 0.1) is 0 Å². The third-order valence-corrected chi connectivity index (χ3v) is 5.80. The minimum Gasteiger partial charge on any atom is -0.308 e. The van der Waals surface area contributed by atoms with Crippen LogP contribution in [0.1, 0.15) is 56.2 Å². The standard InChI is InChI=1S/C19H30N2/c1-15-8-7-9-16(2)17(15)12-21-14-19(10-5-6-11-19)20-13-18(21,3)4/h7-9,20H,5-6,10-14H2,1-4H3. The molecule has 0 amide bonds. The van der Waals surface area contributed by atoms with Crippen LogP contribution in [0.3, 0.4) is 0 Å². The third-order valence-electron chi connectivity index (χ3n) is 5.80. The Morgan fingerprint density at radius 3 is 2.33 bits per heavy atom. The van der Waals surface area contributed by atoms with Gasteiger partial charge in [0.2, 0.25) is 0 Å². The fourth-order valence-electron chi connectivity index (χ4n) is 4.10. The molecule has 0 atom stereocenters. The summed E-state index contributed by atoms with van der Waals surface area (Å²) in [6.45, 7) is 12.7. The van der Waals surface area contributed by atoms with Gasteiger partial charge in [0.25, 0.3) is 0 Å². The molecule has 3 rings (SSSR count). The molecule has 0 aromatic heterocycles. The highest BCUT2D eigenvalue weighted by atomic mass is 15.3. The van der Waals surface area contributed by atoms with Crippen LogP contribution in [0.5, 0.6) is 0 Å². The van der Waals surface area contributed by atoms with Gasteiger partial charge in [0, 0.05) is 30.7 Å². The van der Waals surface area contributed by atoms with Crippen LogP contribution in [0, 0.1) is 13.8 Å². The number of piperazine rings is 1. The second kappa shape index (κ2) is 5.40. The van der Waals surface area contributed by atoms with Crippen molar-refractivity contribution in [1.82, 2.24) is 10.2 Å². The van der Waals surface area contributed by atoms with E-state index in [9.17, 15) is 0 Å². The van der Waals surface area contributed by atoms with Crippen molar-refractivity contribution in [3.8, 4) is 0 Å². The van der Waals surface area contributed by atoms with E-state index in [4.69, 9.17) is 0 Å². The van der Waals surface area contributed by atoms with E-state index >= 15 is 0 Å². The van der Waals surface area contributed by atoms with Crippen LogP contribution in [0.2, 0.25) is 0 Å². The Balaban J connectivity index is 1.84. The average molecular weight is 286 g/mol. The first-order chi connectivity index (χ1) is 9.92. The maximum atomic E-state index is 3.89. The summed E-state index contributed by atoms with van der Waals surface area (Å²) in [5.74, 6) is 0. The first-order valence-corrected chi connectivity index (χ1v) is 8.47. The van der Waals surface area contributed by atoms with E-state index < -0.39 is 0 Å². The third kappa shape index (κ3) is 2.89. The number of aryl methyl sites for hydroxylation is 2. The molecule has 1 N–H and O–H groups in total. The Labute approximate surface area is 129 Å². The first-order valence-electron chi connectivity index (χ1n) is 8.47. The Kier molecular flexibility index (Phi) is 3.87. The zero-order valence-corrected chi connectivity index (χ0v) is 14.1. The molecule has 1 saturated carbocycles. The van der Waals surface area contributed by atoms with Crippen molar-refractivity contribution in [2.45, 2.75) is 71.0 Å². The van der Waals surface area contributed by atoms with Gasteiger partial charge < -0.3 is 5.32 Å². The van der Waals surface area contributed by atoms with Crippen molar-refractivity contribution in [1.29, 1.82) is 0 Å². The average Bonchev–Trinajstić information content (AvgIpc) is 2.87. The predicted octanol–water partition coefficient (Wildman–Crippen LogP) is 3.80. The number of nitrogens with zero attached hydrogens (tertiary/aromatic N) is 1. The first kappa shape index (κ1) is 15.1. The quantitative estimate of drug-likeness (QED) is 0.889.